The number of hydrogen-bond acceptors (Lipinski definition) is 2. The van der Waals surface area contributed by atoms with E-state index in [2.05, 4.69) is 11.4 Å². The van der Waals surface area contributed by atoms with Crippen LogP contribution in [0.1, 0.15) is 77.0 Å². The molecule has 0 heterocycles. The van der Waals surface area contributed by atoms with Crippen LogP contribution in [0.25, 0.3) is 0 Å². The first-order valence-corrected chi connectivity index (χ1v) is 7.99. The SMILES string of the molecule is N#CC1(NC(=O)C2CCCCCC2)CCCCCC1. The molecule has 2 aliphatic carbocycles. The van der Waals surface area contributed by atoms with Gasteiger partial charge in [-0.2, -0.15) is 5.26 Å². The molecular formula is C16H26N2O. The molecule has 0 aliphatic heterocycles. The summed E-state index contributed by atoms with van der Waals surface area (Å²) in [6.45, 7) is 0. The highest BCUT2D eigenvalue weighted by atomic mass is 16.2. The average molecular weight is 262 g/mol. The minimum Gasteiger partial charge on any atom is -0.338 e. The van der Waals surface area contributed by atoms with E-state index >= 15 is 0 Å². The van der Waals surface area contributed by atoms with E-state index in [-0.39, 0.29) is 11.8 Å². The lowest BCUT2D eigenvalue weighted by Crippen LogP contribution is -2.49. The number of nitrogens with one attached hydrogen (secondary N) is 1. The Morgan fingerprint density at radius 3 is 2.00 bits per heavy atom. The van der Waals surface area contributed by atoms with Crippen LogP contribution in [-0.4, -0.2) is 11.4 Å². The molecule has 2 rings (SSSR count). The van der Waals surface area contributed by atoms with Gasteiger partial charge >= 0.3 is 0 Å². The molecule has 0 aromatic heterocycles. The van der Waals surface area contributed by atoms with Gasteiger partial charge in [0.2, 0.25) is 5.91 Å². The molecule has 3 nitrogen and oxygen atoms in total. The zero-order valence-corrected chi connectivity index (χ0v) is 11.9. The molecule has 2 aliphatic rings. The molecule has 0 saturated heterocycles. The Kier molecular flexibility index (Phi) is 5.24. The lowest BCUT2D eigenvalue weighted by atomic mass is 9.90. The van der Waals surface area contributed by atoms with Crippen LogP contribution in [0.2, 0.25) is 0 Å². The van der Waals surface area contributed by atoms with E-state index in [9.17, 15) is 10.1 Å². The number of rotatable bonds is 2. The molecule has 3 heteroatoms. The highest BCUT2D eigenvalue weighted by Crippen LogP contribution is 2.29. The predicted octanol–water partition coefficient (Wildman–Crippen LogP) is 3.69. The van der Waals surface area contributed by atoms with Crippen LogP contribution in [0.3, 0.4) is 0 Å². The van der Waals surface area contributed by atoms with Crippen molar-refractivity contribution in [3.63, 3.8) is 0 Å². The predicted molar refractivity (Wildman–Crippen MR) is 75.4 cm³/mol. The average Bonchev–Trinajstić information content (AvgIpc) is 2.81. The van der Waals surface area contributed by atoms with E-state index in [1.54, 1.807) is 0 Å². The van der Waals surface area contributed by atoms with Crippen molar-refractivity contribution in [2.75, 3.05) is 0 Å². The number of hydrogen-bond donors (Lipinski definition) is 1. The van der Waals surface area contributed by atoms with Gasteiger partial charge in [-0.15, -0.1) is 0 Å². The Labute approximate surface area is 116 Å². The molecule has 0 aromatic rings. The Morgan fingerprint density at radius 2 is 1.47 bits per heavy atom. The van der Waals surface area contributed by atoms with Crippen molar-refractivity contribution in [3.05, 3.63) is 0 Å². The molecule has 2 fully saturated rings. The van der Waals surface area contributed by atoms with Gasteiger partial charge in [0, 0.05) is 5.92 Å². The maximum absolute atomic E-state index is 12.4. The topological polar surface area (TPSA) is 52.9 Å². The molecule has 1 N–H and O–H groups in total. The molecule has 0 radical (unpaired) electrons. The highest BCUT2D eigenvalue weighted by Gasteiger charge is 2.34. The van der Waals surface area contributed by atoms with E-state index in [0.717, 1.165) is 51.4 Å². The third kappa shape index (κ3) is 3.96. The zero-order valence-electron chi connectivity index (χ0n) is 11.9. The summed E-state index contributed by atoms with van der Waals surface area (Å²) < 4.78 is 0. The zero-order chi connectivity index (χ0) is 13.6. The normalized spacial score (nSPS) is 24.8. The second-order valence-corrected chi connectivity index (χ2v) is 6.29. The molecule has 0 atom stereocenters. The van der Waals surface area contributed by atoms with E-state index in [4.69, 9.17) is 0 Å². The van der Waals surface area contributed by atoms with Crippen LogP contribution in [-0.2, 0) is 4.79 Å². The second-order valence-electron chi connectivity index (χ2n) is 6.29. The summed E-state index contributed by atoms with van der Waals surface area (Å²) in [5.41, 5.74) is -0.570. The van der Waals surface area contributed by atoms with E-state index in [0.29, 0.717) is 0 Å². The van der Waals surface area contributed by atoms with Gasteiger partial charge in [0.25, 0.3) is 0 Å². The van der Waals surface area contributed by atoms with Crippen LogP contribution in [0.5, 0.6) is 0 Å². The minimum atomic E-state index is -0.570. The van der Waals surface area contributed by atoms with Crippen molar-refractivity contribution >= 4 is 5.91 Å². The first-order chi connectivity index (χ1) is 9.26. The summed E-state index contributed by atoms with van der Waals surface area (Å²) in [7, 11) is 0. The van der Waals surface area contributed by atoms with Crippen LogP contribution >= 0.6 is 0 Å². The summed E-state index contributed by atoms with van der Waals surface area (Å²) in [4.78, 5) is 12.4. The summed E-state index contributed by atoms with van der Waals surface area (Å²) in [5.74, 6) is 0.293. The van der Waals surface area contributed by atoms with Crippen LogP contribution in [0.4, 0.5) is 0 Å². The number of carbonyl (C=O) groups excluding carboxylic acids is 1. The minimum absolute atomic E-state index is 0.144. The standard InChI is InChI=1S/C16H26N2O/c17-13-16(11-7-3-4-8-12-16)18-15(19)14-9-5-1-2-6-10-14/h14H,1-12H2,(H,18,19). The first kappa shape index (κ1) is 14.4. The molecule has 0 spiro atoms. The van der Waals surface area contributed by atoms with Crippen molar-refractivity contribution in [2.24, 2.45) is 5.92 Å². The third-order valence-electron chi connectivity index (χ3n) is 4.76. The van der Waals surface area contributed by atoms with Gasteiger partial charge in [-0.05, 0) is 25.7 Å². The van der Waals surface area contributed by atoms with E-state index in [1.165, 1.54) is 25.7 Å². The quantitative estimate of drug-likeness (QED) is 0.772. The molecule has 1 amide bonds. The molecule has 2 saturated carbocycles. The van der Waals surface area contributed by atoms with E-state index in [1.807, 2.05) is 0 Å². The molecule has 0 bridgehead atoms. The molecule has 0 aromatic carbocycles. The lowest BCUT2D eigenvalue weighted by molar-refractivity contribution is -0.126. The van der Waals surface area contributed by atoms with Crippen LogP contribution in [0.15, 0.2) is 0 Å². The number of amides is 1. The van der Waals surface area contributed by atoms with Gasteiger partial charge in [-0.1, -0.05) is 51.4 Å². The fourth-order valence-electron chi connectivity index (χ4n) is 3.48. The van der Waals surface area contributed by atoms with Crippen LogP contribution < -0.4 is 5.32 Å². The first-order valence-electron chi connectivity index (χ1n) is 7.99. The summed E-state index contributed by atoms with van der Waals surface area (Å²) >= 11 is 0. The van der Waals surface area contributed by atoms with Gasteiger partial charge < -0.3 is 5.32 Å². The van der Waals surface area contributed by atoms with Gasteiger partial charge in [0.05, 0.1) is 6.07 Å². The molecular weight excluding hydrogens is 236 g/mol. The largest absolute Gasteiger partial charge is 0.338 e. The van der Waals surface area contributed by atoms with Gasteiger partial charge in [0.15, 0.2) is 0 Å². The monoisotopic (exact) mass is 262 g/mol. The van der Waals surface area contributed by atoms with Gasteiger partial charge in [0.1, 0.15) is 5.54 Å². The van der Waals surface area contributed by atoms with Crippen molar-refractivity contribution in [3.8, 4) is 6.07 Å². The molecule has 19 heavy (non-hydrogen) atoms. The van der Waals surface area contributed by atoms with E-state index < -0.39 is 5.54 Å². The fourth-order valence-corrected chi connectivity index (χ4v) is 3.48. The number of carbonyl (C=O) groups is 1. The Bertz CT molecular complexity index is 329. The Hall–Kier alpha value is -1.04. The maximum atomic E-state index is 12.4. The van der Waals surface area contributed by atoms with Gasteiger partial charge in [-0.25, -0.2) is 0 Å². The van der Waals surface area contributed by atoms with Gasteiger partial charge in [-0.3, -0.25) is 4.79 Å². The van der Waals surface area contributed by atoms with Crippen molar-refractivity contribution in [2.45, 2.75) is 82.6 Å². The van der Waals surface area contributed by atoms with Crippen molar-refractivity contribution in [1.82, 2.24) is 5.32 Å². The fraction of sp³-hybridized carbons (Fsp3) is 0.875. The molecule has 106 valence electrons. The Morgan fingerprint density at radius 1 is 0.947 bits per heavy atom. The van der Waals surface area contributed by atoms with Crippen molar-refractivity contribution in [1.29, 1.82) is 5.26 Å². The highest BCUT2D eigenvalue weighted by molar-refractivity contribution is 5.79. The molecule has 0 unspecified atom stereocenters. The van der Waals surface area contributed by atoms with Crippen LogP contribution in [0, 0.1) is 17.2 Å². The Balaban J connectivity index is 1.96. The number of nitriles is 1. The second kappa shape index (κ2) is 6.93. The summed E-state index contributed by atoms with van der Waals surface area (Å²) in [6.07, 6.45) is 13.1. The maximum Gasteiger partial charge on any atom is 0.224 e. The summed E-state index contributed by atoms with van der Waals surface area (Å²) in [6, 6.07) is 2.41. The van der Waals surface area contributed by atoms with Crippen molar-refractivity contribution < 1.29 is 4.79 Å². The lowest BCUT2D eigenvalue weighted by Gasteiger charge is -2.28. The summed E-state index contributed by atoms with van der Waals surface area (Å²) in [5, 5.41) is 12.6. The number of nitrogens with zero attached hydrogens (tertiary/aromatic N) is 1. The third-order valence-corrected chi connectivity index (χ3v) is 4.76. The smallest absolute Gasteiger partial charge is 0.224 e.